The van der Waals surface area contributed by atoms with Crippen LogP contribution in [0.15, 0.2) is 34.7 Å². The minimum atomic E-state index is -1.16. The summed E-state index contributed by atoms with van der Waals surface area (Å²) >= 11 is 1.31. The molecule has 0 spiro atoms. The molecule has 3 aromatic rings. The van der Waals surface area contributed by atoms with Crippen molar-refractivity contribution in [3.63, 3.8) is 0 Å². The molecule has 2 heterocycles. The van der Waals surface area contributed by atoms with Gasteiger partial charge in [0, 0.05) is 17.2 Å². The Morgan fingerprint density at radius 3 is 2.50 bits per heavy atom. The first kappa shape index (κ1) is 25.2. The molecule has 34 heavy (non-hydrogen) atoms. The number of hydrogen-bond acceptors (Lipinski definition) is 8. The molecule has 10 nitrogen and oxygen atoms in total. The van der Waals surface area contributed by atoms with Crippen LogP contribution in [0.3, 0.4) is 0 Å². The Kier molecular flexibility index (Phi) is 7.55. The number of anilines is 1. The Hall–Kier alpha value is -3.47. The van der Waals surface area contributed by atoms with E-state index in [1.54, 1.807) is 44.6 Å². The van der Waals surface area contributed by atoms with E-state index >= 15 is 0 Å². The number of ether oxygens (including phenoxy) is 1. The van der Waals surface area contributed by atoms with Crippen LogP contribution in [0.1, 0.15) is 41.0 Å². The molecule has 0 fully saturated rings. The first-order valence-electron chi connectivity index (χ1n) is 10.7. The van der Waals surface area contributed by atoms with Crippen LogP contribution in [0, 0.1) is 5.92 Å². The summed E-state index contributed by atoms with van der Waals surface area (Å²) < 4.78 is 11.0. The smallest absolute Gasteiger partial charge is 0.408 e. The van der Waals surface area contributed by atoms with Crippen molar-refractivity contribution in [2.24, 2.45) is 5.92 Å². The van der Waals surface area contributed by atoms with Gasteiger partial charge in [0.25, 0.3) is 0 Å². The third-order valence-corrected chi connectivity index (χ3v) is 5.85. The highest BCUT2D eigenvalue weighted by Gasteiger charge is 2.38. The van der Waals surface area contributed by atoms with Crippen LogP contribution < -0.4 is 10.1 Å². The summed E-state index contributed by atoms with van der Waals surface area (Å²) in [5.41, 5.74) is 2.47. The molecule has 0 aliphatic carbocycles. The van der Waals surface area contributed by atoms with Crippen molar-refractivity contribution in [3.8, 4) is 27.6 Å². The van der Waals surface area contributed by atoms with Crippen molar-refractivity contribution in [1.29, 1.82) is 0 Å². The number of carbonyl (C=O) groups excluding carboxylic acids is 1. The highest BCUT2D eigenvalue weighted by Crippen LogP contribution is 2.40. The van der Waals surface area contributed by atoms with E-state index in [-0.39, 0.29) is 5.92 Å². The summed E-state index contributed by atoms with van der Waals surface area (Å²) in [6.07, 6.45) is 2.08. The van der Waals surface area contributed by atoms with E-state index in [2.05, 4.69) is 20.5 Å². The molecule has 0 bridgehead atoms. The molecule has 0 radical (unpaired) electrons. The molecule has 1 aromatic carbocycles. The lowest BCUT2D eigenvalue weighted by molar-refractivity contribution is -0.123. The normalized spacial score (nSPS) is 12.4. The maximum absolute atomic E-state index is 13.6. The molecule has 2 amide bonds. The molecule has 0 saturated carbocycles. The van der Waals surface area contributed by atoms with Crippen LogP contribution in [0.2, 0.25) is 0 Å². The minimum Gasteiger partial charge on any atom is -0.496 e. The first-order chi connectivity index (χ1) is 16.0. The molecule has 0 aliphatic rings. The number of benzene rings is 1. The molecular weight excluding hydrogens is 458 g/mol. The van der Waals surface area contributed by atoms with Gasteiger partial charge in [0.05, 0.1) is 24.6 Å². The molecule has 0 unspecified atom stereocenters. The van der Waals surface area contributed by atoms with Crippen LogP contribution >= 0.6 is 11.3 Å². The SMILES string of the molecule is COc1cc(NC(=O)[C@@H](CC(C)C)N(C(=O)O)C(C)(C)C)c(-c2nncs2)cc1-c1cnco1. The molecular formula is C23H29N5O5S. The van der Waals surface area contributed by atoms with Gasteiger partial charge in [-0.3, -0.25) is 9.69 Å². The fourth-order valence-electron chi connectivity index (χ4n) is 3.74. The number of oxazole rings is 1. The first-order valence-corrected chi connectivity index (χ1v) is 11.6. The number of aromatic nitrogens is 3. The van der Waals surface area contributed by atoms with Gasteiger partial charge in [-0.25, -0.2) is 9.78 Å². The highest BCUT2D eigenvalue weighted by molar-refractivity contribution is 7.12. The molecule has 2 aromatic heterocycles. The molecule has 11 heteroatoms. The summed E-state index contributed by atoms with van der Waals surface area (Å²) in [5, 5.41) is 21.5. The van der Waals surface area contributed by atoms with Crippen molar-refractivity contribution in [1.82, 2.24) is 20.1 Å². The Bertz CT molecular complexity index is 1120. The number of hydrogen-bond donors (Lipinski definition) is 2. The van der Waals surface area contributed by atoms with Crippen LogP contribution in [-0.2, 0) is 4.79 Å². The van der Waals surface area contributed by atoms with Gasteiger partial charge in [-0.2, -0.15) is 0 Å². The van der Waals surface area contributed by atoms with E-state index in [4.69, 9.17) is 9.15 Å². The standard InChI is InChI=1S/C23H29N5O5S/c1-13(2)7-17(28(22(30)31)23(3,4)5)20(29)26-16-9-18(32-6)15(19-10-24-11-33-19)8-14(16)21-27-25-12-34-21/h8-13,17H,7H2,1-6H3,(H,26,29)(H,30,31)/t17-/m1/s1. The van der Waals surface area contributed by atoms with Gasteiger partial charge in [0.2, 0.25) is 5.91 Å². The molecule has 2 N–H and O–H groups in total. The Labute approximate surface area is 202 Å². The monoisotopic (exact) mass is 487 g/mol. The van der Waals surface area contributed by atoms with Gasteiger partial charge < -0.3 is 19.6 Å². The maximum atomic E-state index is 13.6. The Balaban J connectivity index is 2.09. The number of nitrogens with zero attached hydrogens (tertiary/aromatic N) is 4. The zero-order valence-electron chi connectivity index (χ0n) is 20.0. The Morgan fingerprint density at radius 1 is 1.26 bits per heavy atom. The van der Waals surface area contributed by atoms with E-state index in [1.165, 1.54) is 29.7 Å². The van der Waals surface area contributed by atoms with Gasteiger partial charge >= 0.3 is 6.09 Å². The molecule has 3 rings (SSSR count). The predicted molar refractivity (Wildman–Crippen MR) is 129 cm³/mol. The van der Waals surface area contributed by atoms with Gasteiger partial charge in [0.1, 0.15) is 22.3 Å². The number of carboxylic acid groups (broad SMARTS) is 1. The lowest BCUT2D eigenvalue weighted by Gasteiger charge is -2.39. The van der Waals surface area contributed by atoms with Gasteiger partial charge in [-0.15, -0.1) is 10.2 Å². The fraction of sp³-hybridized carbons (Fsp3) is 0.435. The third kappa shape index (κ3) is 5.53. The number of amides is 2. The van der Waals surface area contributed by atoms with Crippen molar-refractivity contribution < 1.29 is 23.8 Å². The summed E-state index contributed by atoms with van der Waals surface area (Å²) in [5.74, 6) is 0.590. The van der Waals surface area contributed by atoms with E-state index in [0.717, 1.165) is 0 Å². The van der Waals surface area contributed by atoms with E-state index in [9.17, 15) is 14.7 Å². The summed E-state index contributed by atoms with van der Waals surface area (Å²) in [6.45, 7) is 9.20. The molecule has 0 saturated heterocycles. The second kappa shape index (κ2) is 10.2. The number of rotatable bonds is 8. The van der Waals surface area contributed by atoms with Crippen molar-refractivity contribution in [2.45, 2.75) is 52.6 Å². The minimum absolute atomic E-state index is 0.0888. The van der Waals surface area contributed by atoms with Crippen LogP contribution in [-0.4, -0.2) is 55.9 Å². The zero-order chi connectivity index (χ0) is 25.0. The average molecular weight is 488 g/mol. The van der Waals surface area contributed by atoms with Gasteiger partial charge in [-0.1, -0.05) is 25.2 Å². The molecule has 0 aliphatic heterocycles. The highest BCUT2D eigenvalue weighted by atomic mass is 32.1. The average Bonchev–Trinajstić information content (AvgIpc) is 3.45. The zero-order valence-corrected chi connectivity index (χ0v) is 20.8. The lowest BCUT2D eigenvalue weighted by Crippen LogP contribution is -2.56. The van der Waals surface area contributed by atoms with Crippen LogP contribution in [0.25, 0.3) is 21.9 Å². The summed E-state index contributed by atoms with van der Waals surface area (Å²) in [6, 6.07) is 2.55. The topological polar surface area (TPSA) is 131 Å². The number of carbonyl (C=O) groups is 2. The second-order valence-corrected chi connectivity index (χ2v) is 10.00. The molecule has 1 atom stereocenters. The third-order valence-electron chi connectivity index (χ3n) is 5.12. The Morgan fingerprint density at radius 2 is 2.00 bits per heavy atom. The van der Waals surface area contributed by atoms with Gasteiger partial charge in [0.15, 0.2) is 12.2 Å². The number of methoxy groups -OCH3 is 1. The van der Waals surface area contributed by atoms with Crippen molar-refractivity contribution >= 4 is 29.0 Å². The summed E-state index contributed by atoms with van der Waals surface area (Å²) in [4.78, 5) is 30.9. The largest absolute Gasteiger partial charge is 0.496 e. The van der Waals surface area contributed by atoms with E-state index in [0.29, 0.717) is 39.8 Å². The maximum Gasteiger partial charge on any atom is 0.408 e. The predicted octanol–water partition coefficient (Wildman–Crippen LogP) is 5.00. The second-order valence-electron chi connectivity index (χ2n) is 9.17. The van der Waals surface area contributed by atoms with E-state index < -0.39 is 23.6 Å². The van der Waals surface area contributed by atoms with Crippen LogP contribution in [0.4, 0.5) is 10.5 Å². The van der Waals surface area contributed by atoms with Crippen molar-refractivity contribution in [3.05, 3.63) is 30.2 Å². The van der Waals surface area contributed by atoms with Crippen molar-refractivity contribution in [2.75, 3.05) is 12.4 Å². The lowest BCUT2D eigenvalue weighted by atomic mass is 9.96. The van der Waals surface area contributed by atoms with E-state index in [1.807, 2.05) is 13.8 Å². The molecule has 182 valence electrons. The summed E-state index contributed by atoms with van der Waals surface area (Å²) in [7, 11) is 1.51. The van der Waals surface area contributed by atoms with Crippen LogP contribution in [0.5, 0.6) is 5.75 Å². The van der Waals surface area contributed by atoms with Gasteiger partial charge in [-0.05, 0) is 39.2 Å². The number of nitrogens with one attached hydrogen (secondary N) is 1. The quantitative estimate of drug-likeness (QED) is 0.454. The fourth-order valence-corrected chi connectivity index (χ4v) is 4.33.